The van der Waals surface area contributed by atoms with Crippen molar-refractivity contribution in [3.63, 3.8) is 0 Å². The zero-order valence-corrected chi connectivity index (χ0v) is 14.7. The molecule has 4 rings (SSSR count). The van der Waals surface area contributed by atoms with Crippen molar-refractivity contribution in [2.24, 2.45) is 5.92 Å². The fraction of sp³-hybridized carbons (Fsp3) is 0.421. The molecule has 0 aliphatic carbocycles. The topological polar surface area (TPSA) is 56.8 Å². The molecule has 0 radical (unpaired) electrons. The molecule has 1 amide bonds. The van der Waals surface area contributed by atoms with Crippen LogP contribution in [-0.4, -0.2) is 25.9 Å². The lowest BCUT2D eigenvalue weighted by Gasteiger charge is -2.30. The molecule has 3 heterocycles. The second kappa shape index (κ2) is 7.45. The molecule has 1 atom stereocenters. The predicted octanol–water partition coefficient (Wildman–Crippen LogP) is 3.30. The summed E-state index contributed by atoms with van der Waals surface area (Å²) < 4.78 is 16.2. The first-order valence-corrected chi connectivity index (χ1v) is 9.46. The number of ether oxygens (including phenoxy) is 3. The van der Waals surface area contributed by atoms with Crippen LogP contribution in [0.4, 0.5) is 0 Å². The van der Waals surface area contributed by atoms with Crippen LogP contribution in [0.2, 0.25) is 0 Å². The maximum Gasteiger partial charge on any atom is 0.231 e. The van der Waals surface area contributed by atoms with Gasteiger partial charge in [-0.1, -0.05) is 12.1 Å². The van der Waals surface area contributed by atoms with Crippen molar-refractivity contribution < 1.29 is 19.0 Å². The van der Waals surface area contributed by atoms with Gasteiger partial charge < -0.3 is 19.5 Å². The van der Waals surface area contributed by atoms with Gasteiger partial charge in [-0.05, 0) is 47.9 Å². The smallest absolute Gasteiger partial charge is 0.231 e. The second-order valence-corrected chi connectivity index (χ2v) is 7.35. The highest BCUT2D eigenvalue weighted by molar-refractivity contribution is 7.10. The third-order valence-electron chi connectivity index (χ3n) is 4.71. The molecule has 5 nitrogen and oxygen atoms in total. The normalized spacial score (nSPS) is 18.1. The van der Waals surface area contributed by atoms with E-state index >= 15 is 0 Å². The fourth-order valence-corrected chi connectivity index (χ4v) is 4.27. The molecule has 25 heavy (non-hydrogen) atoms. The molecule has 2 aromatic rings. The Morgan fingerprint density at radius 3 is 2.84 bits per heavy atom. The van der Waals surface area contributed by atoms with Crippen LogP contribution < -0.4 is 14.8 Å². The third kappa shape index (κ3) is 3.80. The first-order valence-electron chi connectivity index (χ1n) is 8.58. The number of carbonyl (C=O) groups is 1. The van der Waals surface area contributed by atoms with E-state index in [9.17, 15) is 4.79 Å². The number of hydrogen-bond donors (Lipinski definition) is 1. The van der Waals surface area contributed by atoms with Gasteiger partial charge in [-0.2, -0.15) is 0 Å². The highest BCUT2D eigenvalue weighted by Gasteiger charge is 2.27. The second-order valence-electron chi connectivity index (χ2n) is 6.37. The monoisotopic (exact) mass is 359 g/mol. The molecule has 0 unspecified atom stereocenters. The molecule has 0 spiro atoms. The Kier molecular flexibility index (Phi) is 4.90. The van der Waals surface area contributed by atoms with Crippen LogP contribution >= 0.6 is 11.3 Å². The van der Waals surface area contributed by atoms with Crippen molar-refractivity contribution in [3.8, 4) is 11.5 Å². The Morgan fingerprint density at radius 1 is 1.20 bits per heavy atom. The summed E-state index contributed by atoms with van der Waals surface area (Å²) in [6, 6.07) is 9.87. The van der Waals surface area contributed by atoms with E-state index in [4.69, 9.17) is 14.2 Å². The van der Waals surface area contributed by atoms with Gasteiger partial charge in [-0.3, -0.25) is 4.79 Å². The molecular weight excluding hydrogens is 338 g/mol. The Morgan fingerprint density at radius 2 is 2.04 bits per heavy atom. The standard InChI is InChI=1S/C19H21NO4S/c21-18(11-13-3-4-15-16(10-13)24-12-23-15)20-19(17-2-1-9-25-17)14-5-7-22-8-6-14/h1-4,9-10,14,19H,5-8,11-12H2,(H,20,21)/t19-/m0/s1. The first kappa shape index (κ1) is 16.4. The zero-order chi connectivity index (χ0) is 17.1. The van der Waals surface area contributed by atoms with Crippen molar-refractivity contribution >= 4 is 17.2 Å². The summed E-state index contributed by atoms with van der Waals surface area (Å²) in [6.07, 6.45) is 2.29. The lowest BCUT2D eigenvalue weighted by atomic mass is 9.90. The summed E-state index contributed by atoms with van der Waals surface area (Å²) >= 11 is 1.70. The van der Waals surface area contributed by atoms with Gasteiger partial charge >= 0.3 is 0 Å². The largest absolute Gasteiger partial charge is 0.454 e. The highest BCUT2D eigenvalue weighted by atomic mass is 32.1. The Balaban J connectivity index is 1.45. The molecule has 6 heteroatoms. The quantitative estimate of drug-likeness (QED) is 0.890. The number of hydrogen-bond acceptors (Lipinski definition) is 5. The maximum absolute atomic E-state index is 12.7. The van der Waals surface area contributed by atoms with Crippen molar-refractivity contribution in [1.82, 2.24) is 5.32 Å². The van der Waals surface area contributed by atoms with Crippen molar-refractivity contribution in [3.05, 3.63) is 46.2 Å². The first-order chi connectivity index (χ1) is 12.3. The van der Waals surface area contributed by atoms with Gasteiger partial charge in [0.05, 0.1) is 12.5 Å². The molecule has 1 fully saturated rings. The summed E-state index contributed by atoms with van der Waals surface area (Å²) in [7, 11) is 0. The number of thiophene rings is 1. The van der Waals surface area contributed by atoms with Crippen LogP contribution in [0.3, 0.4) is 0 Å². The molecule has 1 saturated heterocycles. The predicted molar refractivity (Wildman–Crippen MR) is 95.0 cm³/mol. The maximum atomic E-state index is 12.7. The average Bonchev–Trinajstić information content (AvgIpc) is 3.31. The van der Waals surface area contributed by atoms with Gasteiger partial charge in [-0.15, -0.1) is 11.3 Å². The van der Waals surface area contributed by atoms with E-state index in [0.717, 1.165) is 37.4 Å². The van der Waals surface area contributed by atoms with Gasteiger partial charge in [0.2, 0.25) is 12.7 Å². The van der Waals surface area contributed by atoms with Gasteiger partial charge in [-0.25, -0.2) is 0 Å². The number of rotatable bonds is 5. The summed E-state index contributed by atoms with van der Waals surface area (Å²) in [5, 5.41) is 5.31. The minimum atomic E-state index is 0.0313. The van der Waals surface area contributed by atoms with Crippen molar-refractivity contribution in [2.75, 3.05) is 20.0 Å². The van der Waals surface area contributed by atoms with Gasteiger partial charge in [0.15, 0.2) is 11.5 Å². The van der Waals surface area contributed by atoms with E-state index in [-0.39, 0.29) is 18.7 Å². The molecular formula is C19H21NO4S. The lowest BCUT2D eigenvalue weighted by Crippen LogP contribution is -2.36. The number of amides is 1. The molecule has 1 aromatic heterocycles. The van der Waals surface area contributed by atoms with Crippen LogP contribution in [0.1, 0.15) is 29.3 Å². The molecule has 132 valence electrons. The van der Waals surface area contributed by atoms with E-state index in [1.54, 1.807) is 11.3 Å². The van der Waals surface area contributed by atoms with E-state index < -0.39 is 0 Å². The van der Waals surface area contributed by atoms with Crippen molar-refractivity contribution in [2.45, 2.75) is 25.3 Å². The van der Waals surface area contributed by atoms with Crippen LogP contribution in [0.5, 0.6) is 11.5 Å². The number of nitrogens with one attached hydrogen (secondary N) is 1. The van der Waals surface area contributed by atoms with Crippen LogP contribution in [-0.2, 0) is 16.0 Å². The van der Waals surface area contributed by atoms with Crippen LogP contribution in [0, 0.1) is 5.92 Å². The lowest BCUT2D eigenvalue weighted by molar-refractivity contribution is -0.121. The van der Waals surface area contributed by atoms with Gasteiger partial charge in [0, 0.05) is 18.1 Å². The summed E-state index contributed by atoms with van der Waals surface area (Å²) in [5.41, 5.74) is 0.929. The number of carbonyl (C=O) groups excluding carboxylic acids is 1. The number of benzene rings is 1. The Bertz CT molecular complexity index is 725. The minimum Gasteiger partial charge on any atom is -0.454 e. The van der Waals surface area contributed by atoms with E-state index in [1.807, 2.05) is 24.3 Å². The molecule has 2 aliphatic heterocycles. The zero-order valence-electron chi connectivity index (χ0n) is 13.9. The van der Waals surface area contributed by atoms with Crippen molar-refractivity contribution in [1.29, 1.82) is 0 Å². The van der Waals surface area contributed by atoms with Gasteiger partial charge in [0.25, 0.3) is 0 Å². The summed E-state index contributed by atoms with van der Waals surface area (Å²) in [6.45, 7) is 1.78. The molecule has 2 aliphatic rings. The molecule has 1 N–H and O–H groups in total. The summed E-state index contributed by atoms with van der Waals surface area (Å²) in [4.78, 5) is 13.9. The SMILES string of the molecule is O=C(Cc1ccc2c(c1)OCO2)N[C@H](c1cccs1)C1CCOCC1. The highest BCUT2D eigenvalue weighted by Crippen LogP contribution is 2.34. The van der Waals surface area contributed by atoms with Crippen LogP contribution in [0.25, 0.3) is 0 Å². The van der Waals surface area contributed by atoms with E-state index in [0.29, 0.717) is 18.1 Å². The third-order valence-corrected chi connectivity index (χ3v) is 5.66. The minimum absolute atomic E-state index is 0.0313. The van der Waals surface area contributed by atoms with Crippen LogP contribution in [0.15, 0.2) is 35.7 Å². The molecule has 0 saturated carbocycles. The average molecular weight is 359 g/mol. The Labute approximate surface area is 150 Å². The molecule has 0 bridgehead atoms. The summed E-state index contributed by atoms with van der Waals surface area (Å²) in [5.74, 6) is 1.91. The van der Waals surface area contributed by atoms with E-state index in [1.165, 1.54) is 4.88 Å². The van der Waals surface area contributed by atoms with E-state index in [2.05, 4.69) is 16.8 Å². The number of fused-ring (bicyclic) bond motifs is 1. The Hall–Kier alpha value is -2.05. The fourth-order valence-electron chi connectivity index (χ4n) is 3.40. The molecule has 1 aromatic carbocycles. The van der Waals surface area contributed by atoms with Gasteiger partial charge in [0.1, 0.15) is 0 Å².